The Morgan fingerprint density at radius 3 is 2.58 bits per heavy atom. The lowest BCUT2D eigenvalue weighted by Gasteiger charge is -2.26. The summed E-state index contributed by atoms with van der Waals surface area (Å²) in [5, 5.41) is 2.75. The highest BCUT2D eigenvalue weighted by Gasteiger charge is 2.32. The summed E-state index contributed by atoms with van der Waals surface area (Å²) in [7, 11) is 0. The Labute approximate surface area is 116 Å². The molecule has 1 aromatic rings. The van der Waals surface area contributed by atoms with E-state index < -0.39 is 12.1 Å². The first-order chi connectivity index (χ1) is 8.85. The van der Waals surface area contributed by atoms with E-state index in [2.05, 4.69) is 26.0 Å². The second-order valence-electron chi connectivity index (χ2n) is 4.29. The predicted octanol–water partition coefficient (Wildman–Crippen LogP) is 3.63. The van der Waals surface area contributed by atoms with Crippen molar-refractivity contribution in [3.8, 4) is 5.75 Å². The smallest absolute Gasteiger partial charge is 0.405 e. The Balaban J connectivity index is 2.12. The van der Waals surface area contributed by atoms with Crippen LogP contribution in [-0.2, 0) is 0 Å². The Morgan fingerprint density at radius 1 is 1.37 bits per heavy atom. The maximum Gasteiger partial charge on any atom is 0.573 e. The van der Waals surface area contributed by atoms with Crippen LogP contribution in [0.2, 0.25) is 0 Å². The van der Waals surface area contributed by atoms with Crippen molar-refractivity contribution >= 4 is 21.8 Å². The molecule has 0 aromatic heterocycles. The molecule has 1 aliphatic rings. The Bertz CT molecular complexity index is 486. The summed E-state index contributed by atoms with van der Waals surface area (Å²) in [5.41, 5.74) is 0.148. The van der Waals surface area contributed by atoms with Gasteiger partial charge in [0.1, 0.15) is 5.75 Å². The van der Waals surface area contributed by atoms with Crippen LogP contribution in [0, 0.1) is 0 Å². The van der Waals surface area contributed by atoms with Gasteiger partial charge in [0.2, 0.25) is 0 Å². The minimum absolute atomic E-state index is 0.128. The van der Waals surface area contributed by atoms with E-state index in [-0.39, 0.29) is 22.0 Å². The molecule has 19 heavy (non-hydrogen) atoms. The molecule has 0 heterocycles. The largest absolute Gasteiger partial charge is 0.573 e. The summed E-state index contributed by atoms with van der Waals surface area (Å²) >= 11 is 2.95. The third kappa shape index (κ3) is 3.86. The number of benzene rings is 1. The van der Waals surface area contributed by atoms with E-state index in [1.807, 2.05) is 0 Å². The number of amides is 1. The summed E-state index contributed by atoms with van der Waals surface area (Å²) in [6, 6.07) is 4.01. The Morgan fingerprint density at radius 2 is 2.05 bits per heavy atom. The van der Waals surface area contributed by atoms with Crippen molar-refractivity contribution in [2.24, 2.45) is 0 Å². The molecule has 1 N–H and O–H groups in total. The minimum atomic E-state index is -4.79. The molecule has 0 spiro atoms. The van der Waals surface area contributed by atoms with Gasteiger partial charge >= 0.3 is 6.36 Å². The highest BCUT2D eigenvalue weighted by molar-refractivity contribution is 9.10. The standard InChI is InChI=1S/C12H11BrF3NO2/c13-9-5-4-7(6-10(9)19-12(14,15)16)11(18)17-8-2-1-3-8/h4-6,8H,1-3H2,(H,17,18). The van der Waals surface area contributed by atoms with Crippen LogP contribution in [0.3, 0.4) is 0 Å². The van der Waals surface area contributed by atoms with Gasteiger partial charge in [0, 0.05) is 11.6 Å². The van der Waals surface area contributed by atoms with Crippen molar-refractivity contribution in [3.05, 3.63) is 28.2 Å². The van der Waals surface area contributed by atoms with Gasteiger partial charge in [-0.2, -0.15) is 0 Å². The SMILES string of the molecule is O=C(NC1CCC1)c1ccc(Br)c(OC(F)(F)F)c1. The molecular formula is C12H11BrF3NO2. The number of alkyl halides is 3. The van der Waals surface area contributed by atoms with Gasteiger partial charge in [-0.1, -0.05) is 0 Å². The normalized spacial score (nSPS) is 15.8. The minimum Gasteiger partial charge on any atom is -0.405 e. The number of carbonyl (C=O) groups is 1. The highest BCUT2D eigenvalue weighted by Crippen LogP contribution is 2.31. The van der Waals surface area contributed by atoms with Crippen LogP contribution in [0.1, 0.15) is 29.6 Å². The molecule has 1 amide bonds. The van der Waals surface area contributed by atoms with Gasteiger partial charge in [-0.25, -0.2) is 0 Å². The predicted molar refractivity (Wildman–Crippen MR) is 65.9 cm³/mol. The lowest BCUT2D eigenvalue weighted by atomic mass is 9.93. The monoisotopic (exact) mass is 337 g/mol. The van der Waals surface area contributed by atoms with Gasteiger partial charge in [-0.05, 0) is 53.4 Å². The first-order valence-electron chi connectivity index (χ1n) is 5.71. The maximum atomic E-state index is 12.2. The quantitative estimate of drug-likeness (QED) is 0.914. The van der Waals surface area contributed by atoms with Crippen LogP contribution < -0.4 is 10.1 Å². The zero-order valence-corrected chi connectivity index (χ0v) is 11.3. The van der Waals surface area contributed by atoms with E-state index in [9.17, 15) is 18.0 Å². The van der Waals surface area contributed by atoms with Gasteiger partial charge in [0.15, 0.2) is 0 Å². The van der Waals surface area contributed by atoms with E-state index in [0.29, 0.717) is 0 Å². The number of halogens is 4. The van der Waals surface area contributed by atoms with E-state index in [0.717, 1.165) is 25.3 Å². The van der Waals surface area contributed by atoms with Crippen molar-refractivity contribution in [1.82, 2.24) is 5.32 Å². The summed E-state index contributed by atoms with van der Waals surface area (Å²) in [6.07, 6.45) is -1.90. The number of carbonyl (C=O) groups excluding carboxylic acids is 1. The molecule has 0 aliphatic heterocycles. The second kappa shape index (κ2) is 5.40. The number of hydrogen-bond acceptors (Lipinski definition) is 2. The summed E-state index contributed by atoms with van der Waals surface area (Å²) in [4.78, 5) is 11.8. The molecule has 1 aliphatic carbocycles. The maximum absolute atomic E-state index is 12.2. The first-order valence-corrected chi connectivity index (χ1v) is 6.50. The lowest BCUT2D eigenvalue weighted by Crippen LogP contribution is -2.39. The van der Waals surface area contributed by atoms with Crippen LogP contribution >= 0.6 is 15.9 Å². The van der Waals surface area contributed by atoms with Crippen LogP contribution in [0.15, 0.2) is 22.7 Å². The van der Waals surface area contributed by atoms with Crippen molar-refractivity contribution < 1.29 is 22.7 Å². The van der Waals surface area contributed by atoms with Crippen molar-refractivity contribution in [1.29, 1.82) is 0 Å². The number of ether oxygens (including phenoxy) is 1. The molecule has 1 saturated carbocycles. The Hall–Kier alpha value is -1.24. The molecule has 7 heteroatoms. The molecule has 1 aromatic carbocycles. The average molecular weight is 338 g/mol. The molecule has 1 fully saturated rings. The number of hydrogen-bond donors (Lipinski definition) is 1. The first kappa shape index (κ1) is 14.2. The molecule has 3 nitrogen and oxygen atoms in total. The lowest BCUT2D eigenvalue weighted by molar-refractivity contribution is -0.274. The topological polar surface area (TPSA) is 38.3 Å². The molecule has 0 unspecified atom stereocenters. The van der Waals surface area contributed by atoms with Gasteiger partial charge in [-0.3, -0.25) is 4.79 Å². The average Bonchev–Trinajstić information content (AvgIpc) is 2.24. The number of nitrogens with one attached hydrogen (secondary N) is 1. The van der Waals surface area contributed by atoms with E-state index in [1.165, 1.54) is 12.1 Å². The molecular weight excluding hydrogens is 327 g/mol. The molecule has 2 rings (SSSR count). The molecule has 104 valence electrons. The van der Waals surface area contributed by atoms with E-state index >= 15 is 0 Å². The van der Waals surface area contributed by atoms with Gasteiger partial charge in [-0.15, -0.1) is 13.2 Å². The highest BCUT2D eigenvalue weighted by atomic mass is 79.9. The van der Waals surface area contributed by atoms with Crippen LogP contribution in [0.4, 0.5) is 13.2 Å². The summed E-state index contributed by atoms with van der Waals surface area (Å²) in [5.74, 6) is -0.807. The third-order valence-electron chi connectivity index (χ3n) is 2.86. The van der Waals surface area contributed by atoms with Crippen LogP contribution in [0.25, 0.3) is 0 Å². The summed E-state index contributed by atoms with van der Waals surface area (Å²) in [6.45, 7) is 0. The van der Waals surface area contributed by atoms with Gasteiger partial charge in [0.25, 0.3) is 5.91 Å². The Kier molecular flexibility index (Phi) is 4.03. The van der Waals surface area contributed by atoms with Crippen LogP contribution in [0.5, 0.6) is 5.75 Å². The molecule has 0 saturated heterocycles. The fourth-order valence-corrected chi connectivity index (χ4v) is 2.00. The van der Waals surface area contributed by atoms with Crippen LogP contribution in [-0.4, -0.2) is 18.3 Å². The number of rotatable bonds is 3. The fourth-order valence-electron chi connectivity index (χ4n) is 1.67. The van der Waals surface area contributed by atoms with Crippen molar-refractivity contribution in [2.75, 3.05) is 0 Å². The van der Waals surface area contributed by atoms with E-state index in [1.54, 1.807) is 0 Å². The zero-order chi connectivity index (χ0) is 14.0. The molecule has 0 radical (unpaired) electrons. The van der Waals surface area contributed by atoms with Crippen molar-refractivity contribution in [2.45, 2.75) is 31.7 Å². The van der Waals surface area contributed by atoms with Gasteiger partial charge < -0.3 is 10.1 Å². The summed E-state index contributed by atoms with van der Waals surface area (Å²) < 4.78 is 40.5. The second-order valence-corrected chi connectivity index (χ2v) is 5.15. The van der Waals surface area contributed by atoms with E-state index in [4.69, 9.17) is 0 Å². The molecule has 0 atom stereocenters. The fraction of sp³-hybridized carbons (Fsp3) is 0.417. The third-order valence-corrected chi connectivity index (χ3v) is 3.51. The zero-order valence-electron chi connectivity index (χ0n) is 9.76. The van der Waals surface area contributed by atoms with Crippen molar-refractivity contribution in [3.63, 3.8) is 0 Å². The van der Waals surface area contributed by atoms with Gasteiger partial charge in [0.05, 0.1) is 4.47 Å². The molecule has 0 bridgehead atoms.